The molecule has 5 atom stereocenters. The van der Waals surface area contributed by atoms with Crippen molar-refractivity contribution < 1.29 is 24.5 Å². The Hall–Kier alpha value is -0.860. The normalized spacial score (nSPS) is 27.9. The zero-order valence-corrected chi connectivity index (χ0v) is 23.9. The molecule has 5 nitrogen and oxygen atoms in total. The third-order valence-corrected chi connectivity index (χ3v) is 9.80. The molecule has 1 aliphatic carbocycles. The van der Waals surface area contributed by atoms with Crippen molar-refractivity contribution in [3.8, 4) is 0 Å². The number of aliphatic hydroxyl groups is 2. The maximum Gasteiger partial charge on any atom is 0.348 e. The van der Waals surface area contributed by atoms with Gasteiger partial charge in [0.1, 0.15) is 11.5 Å². The zero-order chi connectivity index (χ0) is 26.4. The van der Waals surface area contributed by atoms with Gasteiger partial charge in [0.2, 0.25) is 0 Å². The molecule has 1 saturated carbocycles. The van der Waals surface area contributed by atoms with E-state index in [9.17, 15) is 15.0 Å². The fourth-order valence-corrected chi connectivity index (χ4v) is 7.65. The molecule has 4 rings (SSSR count). The first-order valence-electron chi connectivity index (χ1n) is 13.0. The summed E-state index contributed by atoms with van der Waals surface area (Å²) in [7, 11) is 0. The van der Waals surface area contributed by atoms with E-state index in [2.05, 4.69) is 0 Å². The second-order valence-corrected chi connectivity index (χ2v) is 13.1. The fourth-order valence-electron chi connectivity index (χ4n) is 5.64. The number of carbonyl (C=O) groups excluding carboxylic acids is 1. The van der Waals surface area contributed by atoms with Crippen LogP contribution in [0.15, 0.2) is 30.3 Å². The van der Waals surface area contributed by atoms with Crippen LogP contribution in [0.25, 0.3) is 0 Å². The molecule has 2 fully saturated rings. The lowest BCUT2D eigenvalue weighted by Gasteiger charge is -2.34. The molecule has 9 heteroatoms. The van der Waals surface area contributed by atoms with Gasteiger partial charge in [0.25, 0.3) is 0 Å². The van der Waals surface area contributed by atoms with E-state index in [1.165, 1.54) is 11.3 Å². The van der Waals surface area contributed by atoms with Crippen LogP contribution in [0.1, 0.15) is 58.6 Å². The van der Waals surface area contributed by atoms with Crippen LogP contribution in [-0.4, -0.2) is 54.1 Å². The van der Waals surface area contributed by atoms with E-state index < -0.39 is 11.5 Å². The number of rotatable bonds is 11. The summed E-state index contributed by atoms with van der Waals surface area (Å²) in [5.74, 6) is 0.0235. The summed E-state index contributed by atoms with van der Waals surface area (Å²) < 4.78 is 11.0. The van der Waals surface area contributed by atoms with Crippen molar-refractivity contribution in [2.45, 2.75) is 62.8 Å². The van der Waals surface area contributed by atoms with Crippen LogP contribution in [-0.2, 0) is 22.3 Å². The van der Waals surface area contributed by atoms with Gasteiger partial charge in [0.15, 0.2) is 0 Å². The van der Waals surface area contributed by atoms with Gasteiger partial charge in [-0.05, 0) is 99.1 Å². The molecule has 0 radical (unpaired) electrons. The largest absolute Gasteiger partial charge is 0.461 e. The Morgan fingerprint density at radius 3 is 2.62 bits per heavy atom. The Morgan fingerprint density at radius 2 is 1.92 bits per heavy atom. The number of hydrogen-bond donors (Lipinski definition) is 2. The minimum absolute atomic E-state index is 0.0422. The summed E-state index contributed by atoms with van der Waals surface area (Å²) in [5.41, 5.74) is 0.577. The Kier molecular flexibility index (Phi) is 10.6. The quantitative estimate of drug-likeness (QED) is 0.229. The van der Waals surface area contributed by atoms with E-state index in [-0.39, 0.29) is 36.4 Å². The van der Waals surface area contributed by atoms with Gasteiger partial charge in [0, 0.05) is 26.9 Å². The Morgan fingerprint density at radius 1 is 1.14 bits per heavy atom. The van der Waals surface area contributed by atoms with Crippen molar-refractivity contribution in [2.75, 3.05) is 26.4 Å². The molecule has 204 valence electrons. The lowest BCUT2D eigenvalue weighted by atomic mass is 9.84. The number of benzene rings is 1. The third-order valence-electron chi connectivity index (χ3n) is 7.74. The van der Waals surface area contributed by atoms with E-state index in [1.807, 2.05) is 24.3 Å². The van der Waals surface area contributed by atoms with Crippen LogP contribution in [0.4, 0.5) is 0 Å². The predicted octanol–water partition coefficient (Wildman–Crippen LogP) is 6.56. The number of thiophene rings is 1. The molecule has 1 saturated heterocycles. The van der Waals surface area contributed by atoms with Crippen LogP contribution in [0.5, 0.6) is 0 Å². The van der Waals surface area contributed by atoms with E-state index in [1.54, 1.807) is 6.07 Å². The molecule has 1 aliphatic heterocycles. The first-order valence-corrected chi connectivity index (χ1v) is 15.0. The standard InChI is InChI=1S/C28H35Cl3O5S/c29-19-11-18(12-20(30)13-19)5-7-23-22(24(31)14-25(23)33)4-1-3-21-6-8-26(37-21)27(34)36-17-28(15-32)9-2-10-35-16-28/h6,8,11-13,22-25,32-33H,1-5,7,9-10,14-17H2/t22-,23-,24-,25-,28?/m1/s1. The molecule has 2 aliphatic rings. The van der Waals surface area contributed by atoms with Gasteiger partial charge in [-0.25, -0.2) is 4.79 Å². The zero-order valence-electron chi connectivity index (χ0n) is 20.8. The van der Waals surface area contributed by atoms with Crippen molar-refractivity contribution in [1.82, 2.24) is 0 Å². The van der Waals surface area contributed by atoms with Gasteiger partial charge in [-0.3, -0.25) is 0 Å². The summed E-state index contributed by atoms with van der Waals surface area (Å²) in [6, 6.07) is 9.37. The average Bonchev–Trinajstić information content (AvgIpc) is 3.45. The molecule has 1 aromatic heterocycles. The van der Waals surface area contributed by atoms with Gasteiger partial charge in [-0.15, -0.1) is 22.9 Å². The average molecular weight is 590 g/mol. The Labute approximate surface area is 238 Å². The van der Waals surface area contributed by atoms with Crippen LogP contribution in [0, 0.1) is 17.3 Å². The highest BCUT2D eigenvalue weighted by molar-refractivity contribution is 7.13. The maximum atomic E-state index is 12.6. The third kappa shape index (κ3) is 7.84. The molecule has 2 N–H and O–H groups in total. The predicted molar refractivity (Wildman–Crippen MR) is 149 cm³/mol. The summed E-state index contributed by atoms with van der Waals surface area (Å²) in [6.45, 7) is 1.21. The number of hydrogen-bond acceptors (Lipinski definition) is 6. The molecule has 1 aromatic carbocycles. The lowest BCUT2D eigenvalue weighted by molar-refractivity contribution is -0.0716. The minimum Gasteiger partial charge on any atom is -0.461 e. The molecular weight excluding hydrogens is 555 g/mol. The topological polar surface area (TPSA) is 76.0 Å². The number of carbonyl (C=O) groups is 1. The summed E-state index contributed by atoms with van der Waals surface area (Å²) >= 11 is 20.4. The first-order chi connectivity index (χ1) is 17.8. The Bertz CT molecular complexity index is 1020. The van der Waals surface area contributed by atoms with E-state index >= 15 is 0 Å². The summed E-state index contributed by atoms with van der Waals surface area (Å²) in [5, 5.41) is 21.6. The van der Waals surface area contributed by atoms with E-state index in [4.69, 9.17) is 44.3 Å². The number of aryl methyl sites for hydroxylation is 2. The maximum absolute atomic E-state index is 12.6. The SMILES string of the molecule is O=C(OCC1(CO)CCCOC1)c1ccc(CCC[C@@H]2[C@@H](CCc3cc(Cl)cc(Cl)c3)[C@H](O)C[C@H]2Cl)s1. The van der Waals surface area contributed by atoms with Crippen LogP contribution in [0.2, 0.25) is 10.0 Å². The molecule has 2 heterocycles. The van der Waals surface area contributed by atoms with Gasteiger partial charge in [-0.1, -0.05) is 23.2 Å². The second kappa shape index (κ2) is 13.5. The highest BCUT2D eigenvalue weighted by atomic mass is 35.5. The minimum atomic E-state index is -0.493. The summed E-state index contributed by atoms with van der Waals surface area (Å²) in [6.07, 6.45) is 6.19. The molecule has 0 amide bonds. The van der Waals surface area contributed by atoms with Crippen molar-refractivity contribution >= 4 is 52.1 Å². The molecule has 1 unspecified atom stereocenters. The number of ether oxygens (including phenoxy) is 2. The van der Waals surface area contributed by atoms with Crippen molar-refractivity contribution in [1.29, 1.82) is 0 Å². The van der Waals surface area contributed by atoms with Crippen molar-refractivity contribution in [3.05, 3.63) is 55.7 Å². The van der Waals surface area contributed by atoms with Gasteiger partial charge in [0.05, 0.1) is 24.7 Å². The van der Waals surface area contributed by atoms with E-state index in [0.717, 1.165) is 55.4 Å². The monoisotopic (exact) mass is 588 g/mol. The van der Waals surface area contributed by atoms with Crippen LogP contribution >= 0.6 is 46.1 Å². The number of halogens is 3. The van der Waals surface area contributed by atoms with E-state index in [0.29, 0.717) is 34.6 Å². The highest BCUT2D eigenvalue weighted by Crippen LogP contribution is 2.42. The van der Waals surface area contributed by atoms with Crippen LogP contribution < -0.4 is 0 Å². The summed E-state index contributed by atoms with van der Waals surface area (Å²) in [4.78, 5) is 14.3. The van der Waals surface area contributed by atoms with Crippen LogP contribution in [0.3, 0.4) is 0 Å². The smallest absolute Gasteiger partial charge is 0.348 e. The van der Waals surface area contributed by atoms with Crippen molar-refractivity contribution in [2.24, 2.45) is 17.3 Å². The molecular formula is C28H35Cl3O5S. The molecule has 2 aromatic rings. The number of alkyl halides is 1. The van der Waals surface area contributed by atoms with Gasteiger partial charge >= 0.3 is 5.97 Å². The fraction of sp³-hybridized carbons (Fsp3) is 0.607. The number of esters is 1. The molecule has 0 bridgehead atoms. The molecule has 37 heavy (non-hydrogen) atoms. The Balaban J connectivity index is 1.25. The number of aliphatic hydroxyl groups excluding tert-OH is 2. The van der Waals surface area contributed by atoms with Gasteiger partial charge < -0.3 is 19.7 Å². The first kappa shape index (κ1) is 29.1. The molecule has 0 spiro atoms. The highest BCUT2D eigenvalue weighted by Gasteiger charge is 2.40. The second-order valence-electron chi connectivity index (χ2n) is 10.5. The van der Waals surface area contributed by atoms with Gasteiger partial charge in [-0.2, -0.15) is 0 Å². The lowest BCUT2D eigenvalue weighted by Crippen LogP contribution is -2.40. The van der Waals surface area contributed by atoms with Crippen molar-refractivity contribution in [3.63, 3.8) is 0 Å².